The average molecular weight is 269 g/mol. The van der Waals surface area contributed by atoms with E-state index in [2.05, 4.69) is 19.1 Å². The number of hydrogen-bond acceptors (Lipinski definition) is 1. The van der Waals surface area contributed by atoms with Gasteiger partial charge in [0.1, 0.15) is 0 Å². The number of carbonyl (C=O) groups excluding carboxylic acids is 1. The van der Waals surface area contributed by atoms with Gasteiger partial charge in [-0.2, -0.15) is 0 Å². The fraction of sp³-hybridized carbons (Fsp3) is 0.278. The number of carbonyl (C=O) groups is 1. The van der Waals surface area contributed by atoms with E-state index < -0.39 is 0 Å². The van der Waals surface area contributed by atoms with Gasteiger partial charge in [0.2, 0.25) is 0 Å². The summed E-state index contributed by atoms with van der Waals surface area (Å²) < 4.78 is 0. The first-order valence-electron chi connectivity index (χ1n) is 7.14. The van der Waals surface area contributed by atoms with E-state index in [9.17, 15) is 4.79 Å². The van der Waals surface area contributed by atoms with E-state index in [-0.39, 0.29) is 5.91 Å². The van der Waals surface area contributed by atoms with Gasteiger partial charge in [-0.05, 0) is 36.2 Å². The Labute approximate surface area is 122 Å². The summed E-state index contributed by atoms with van der Waals surface area (Å²) >= 11 is 0. The Morgan fingerprint density at radius 1 is 0.950 bits per heavy atom. The van der Waals surface area contributed by atoms with Crippen molar-refractivity contribution < 1.29 is 4.79 Å². The molecule has 0 radical (unpaired) electrons. The lowest BCUT2D eigenvalue weighted by Gasteiger charge is -2.17. The third kappa shape index (κ3) is 3.95. The molecule has 0 unspecified atom stereocenters. The van der Waals surface area contributed by atoms with Crippen LogP contribution in [0.3, 0.4) is 0 Å². The first kappa shape index (κ1) is 16.0. The molecule has 2 heteroatoms. The number of rotatable bonds is 3. The predicted octanol–water partition coefficient (Wildman–Crippen LogP) is 4.55. The molecule has 2 rings (SSSR count). The second-order valence-electron chi connectivity index (χ2n) is 4.25. The zero-order chi connectivity index (χ0) is 15.0. The molecular weight excluding hydrogens is 246 g/mol. The van der Waals surface area contributed by atoms with Gasteiger partial charge in [-0.1, -0.05) is 51.1 Å². The van der Waals surface area contributed by atoms with Crippen molar-refractivity contribution in [3.8, 4) is 0 Å². The highest BCUT2D eigenvalue weighted by molar-refractivity contribution is 6.05. The summed E-state index contributed by atoms with van der Waals surface area (Å²) in [5, 5.41) is 0. The normalized spacial score (nSPS) is 9.40. The molecule has 2 aromatic rings. The third-order valence-electron chi connectivity index (χ3n) is 3.06. The smallest absolute Gasteiger partial charge is 0.258 e. The van der Waals surface area contributed by atoms with Crippen LogP contribution in [0.1, 0.15) is 36.7 Å². The third-order valence-corrected chi connectivity index (χ3v) is 3.06. The highest BCUT2D eigenvalue weighted by atomic mass is 16.2. The maximum Gasteiger partial charge on any atom is 0.258 e. The minimum atomic E-state index is 0.0137. The van der Waals surface area contributed by atoms with Gasteiger partial charge in [-0.25, -0.2) is 0 Å². The van der Waals surface area contributed by atoms with Crippen LogP contribution in [0.2, 0.25) is 0 Å². The highest BCUT2D eigenvalue weighted by Crippen LogP contribution is 2.16. The number of aryl methyl sites for hydroxylation is 1. The molecule has 2 nitrogen and oxygen atoms in total. The van der Waals surface area contributed by atoms with Crippen LogP contribution in [0.4, 0.5) is 5.69 Å². The van der Waals surface area contributed by atoms with E-state index in [4.69, 9.17) is 0 Å². The van der Waals surface area contributed by atoms with Gasteiger partial charge in [-0.3, -0.25) is 4.79 Å². The summed E-state index contributed by atoms with van der Waals surface area (Å²) in [5.41, 5.74) is 2.90. The molecule has 106 valence electrons. The molecule has 0 saturated carbocycles. The summed E-state index contributed by atoms with van der Waals surface area (Å²) in [6.45, 7) is 6.12. The molecule has 2 aromatic carbocycles. The summed E-state index contributed by atoms with van der Waals surface area (Å²) in [4.78, 5) is 13.9. The van der Waals surface area contributed by atoms with Crippen molar-refractivity contribution in [2.24, 2.45) is 0 Å². The van der Waals surface area contributed by atoms with Gasteiger partial charge in [0, 0.05) is 18.3 Å². The Hall–Kier alpha value is -2.09. The first-order chi connectivity index (χ1) is 9.72. The Balaban J connectivity index is 0.000000956. The molecule has 0 aliphatic heterocycles. The Bertz CT molecular complexity index is 517. The molecule has 0 fully saturated rings. The average Bonchev–Trinajstić information content (AvgIpc) is 2.56. The van der Waals surface area contributed by atoms with E-state index >= 15 is 0 Å². The highest BCUT2D eigenvalue weighted by Gasteiger charge is 2.12. The zero-order valence-electron chi connectivity index (χ0n) is 12.8. The van der Waals surface area contributed by atoms with Crippen LogP contribution < -0.4 is 4.90 Å². The number of anilines is 1. The van der Waals surface area contributed by atoms with Gasteiger partial charge in [0.15, 0.2) is 0 Å². The van der Waals surface area contributed by atoms with Gasteiger partial charge in [0.25, 0.3) is 5.91 Å². The van der Waals surface area contributed by atoms with Crippen LogP contribution in [-0.2, 0) is 6.42 Å². The van der Waals surface area contributed by atoms with Gasteiger partial charge in [-0.15, -0.1) is 0 Å². The summed E-state index contributed by atoms with van der Waals surface area (Å²) in [5.74, 6) is 0.0137. The molecule has 0 saturated heterocycles. The van der Waals surface area contributed by atoms with Crippen molar-refractivity contribution in [2.75, 3.05) is 11.9 Å². The fourth-order valence-corrected chi connectivity index (χ4v) is 1.85. The molecule has 0 atom stereocenters. The van der Waals surface area contributed by atoms with Crippen LogP contribution >= 0.6 is 0 Å². The number of amides is 1. The lowest BCUT2D eigenvalue weighted by atomic mass is 10.1. The Morgan fingerprint density at radius 3 is 2.00 bits per heavy atom. The molecule has 0 spiro atoms. The molecule has 0 aliphatic rings. The van der Waals surface area contributed by atoms with Crippen LogP contribution in [0, 0.1) is 0 Å². The summed E-state index contributed by atoms with van der Waals surface area (Å²) in [6.07, 6.45) is 1.01. The molecule has 0 heterocycles. The number of benzene rings is 2. The molecule has 0 bridgehead atoms. The van der Waals surface area contributed by atoms with Crippen molar-refractivity contribution in [3.05, 3.63) is 65.7 Å². The van der Waals surface area contributed by atoms with Gasteiger partial charge in [0.05, 0.1) is 0 Å². The maximum atomic E-state index is 12.2. The largest absolute Gasteiger partial charge is 0.311 e. The van der Waals surface area contributed by atoms with E-state index in [0.717, 1.165) is 12.1 Å². The standard InChI is InChI=1S/C16H17NO.C2H6/c1-3-13-9-11-15(12-10-13)17(2)16(18)14-7-5-4-6-8-14;1-2/h4-12H,3H2,1-2H3;1-2H3. The second kappa shape index (κ2) is 8.16. The molecule has 0 aliphatic carbocycles. The molecule has 1 amide bonds. The molecule has 0 aromatic heterocycles. The second-order valence-corrected chi connectivity index (χ2v) is 4.25. The van der Waals surface area contributed by atoms with Crippen molar-refractivity contribution in [1.82, 2.24) is 0 Å². The van der Waals surface area contributed by atoms with Crippen molar-refractivity contribution >= 4 is 11.6 Å². The lowest BCUT2D eigenvalue weighted by Crippen LogP contribution is -2.26. The first-order valence-corrected chi connectivity index (χ1v) is 7.14. The monoisotopic (exact) mass is 269 g/mol. The summed E-state index contributed by atoms with van der Waals surface area (Å²) in [6, 6.07) is 17.4. The van der Waals surface area contributed by atoms with Crippen LogP contribution in [0.25, 0.3) is 0 Å². The van der Waals surface area contributed by atoms with Crippen LogP contribution in [0.5, 0.6) is 0 Å². The summed E-state index contributed by atoms with van der Waals surface area (Å²) in [7, 11) is 1.80. The van der Waals surface area contributed by atoms with E-state index in [1.165, 1.54) is 5.56 Å². The van der Waals surface area contributed by atoms with E-state index in [0.29, 0.717) is 5.56 Å². The maximum absolute atomic E-state index is 12.2. The van der Waals surface area contributed by atoms with Crippen LogP contribution in [-0.4, -0.2) is 13.0 Å². The van der Waals surface area contributed by atoms with E-state index in [1.54, 1.807) is 11.9 Å². The SMILES string of the molecule is CC.CCc1ccc(N(C)C(=O)c2ccccc2)cc1. The van der Waals surface area contributed by atoms with Crippen molar-refractivity contribution in [3.63, 3.8) is 0 Å². The quantitative estimate of drug-likeness (QED) is 0.800. The molecule has 20 heavy (non-hydrogen) atoms. The van der Waals surface area contributed by atoms with Gasteiger partial charge < -0.3 is 4.90 Å². The van der Waals surface area contributed by atoms with Crippen molar-refractivity contribution in [2.45, 2.75) is 27.2 Å². The topological polar surface area (TPSA) is 20.3 Å². The fourth-order valence-electron chi connectivity index (χ4n) is 1.85. The Morgan fingerprint density at radius 2 is 1.50 bits per heavy atom. The van der Waals surface area contributed by atoms with Gasteiger partial charge >= 0.3 is 0 Å². The minimum Gasteiger partial charge on any atom is -0.311 e. The molecular formula is C18H23NO. The molecule has 0 N–H and O–H groups in total. The van der Waals surface area contributed by atoms with Crippen molar-refractivity contribution in [1.29, 1.82) is 0 Å². The predicted molar refractivity (Wildman–Crippen MR) is 86.3 cm³/mol. The zero-order valence-corrected chi connectivity index (χ0v) is 12.8. The number of nitrogens with zero attached hydrogens (tertiary/aromatic N) is 1. The number of hydrogen-bond donors (Lipinski definition) is 0. The lowest BCUT2D eigenvalue weighted by molar-refractivity contribution is 0.0993. The Kier molecular flexibility index (Phi) is 6.51. The minimum absolute atomic E-state index is 0.0137. The van der Waals surface area contributed by atoms with E-state index in [1.807, 2.05) is 56.3 Å². The van der Waals surface area contributed by atoms with Crippen LogP contribution in [0.15, 0.2) is 54.6 Å².